The van der Waals surface area contributed by atoms with Gasteiger partial charge >= 0.3 is 6.03 Å². The summed E-state index contributed by atoms with van der Waals surface area (Å²) in [6.45, 7) is 1.87. The Bertz CT molecular complexity index is 721. The van der Waals surface area contributed by atoms with E-state index in [-0.39, 0.29) is 12.0 Å². The Morgan fingerprint density at radius 3 is 2.70 bits per heavy atom. The first-order chi connectivity index (χ1) is 11.0. The largest absolute Gasteiger partial charge is 0.352 e. The number of nitrogens with one attached hydrogen (secondary N) is 2. The van der Waals surface area contributed by atoms with Crippen molar-refractivity contribution in [3.8, 4) is 0 Å². The predicted molar refractivity (Wildman–Crippen MR) is 84.1 cm³/mol. The highest BCUT2D eigenvalue weighted by Gasteiger charge is 2.20. The molecule has 1 aromatic carbocycles. The summed E-state index contributed by atoms with van der Waals surface area (Å²) in [4.78, 5) is 27.3. The van der Waals surface area contributed by atoms with Crippen molar-refractivity contribution < 1.29 is 14.0 Å². The lowest BCUT2D eigenvalue weighted by atomic mass is 10.0. The number of amides is 3. The lowest BCUT2D eigenvalue weighted by molar-refractivity contribution is -0.116. The molecule has 0 radical (unpaired) electrons. The highest BCUT2D eigenvalue weighted by Crippen LogP contribution is 2.20. The number of carbonyl (C=O) groups excluding carboxylic acids is 2. The monoisotopic (exact) mass is 316 g/mol. The summed E-state index contributed by atoms with van der Waals surface area (Å²) >= 11 is 0. The molecule has 1 heterocycles. The molecule has 0 aliphatic carbocycles. The highest BCUT2D eigenvalue weighted by molar-refractivity contribution is 5.90. The average Bonchev–Trinajstić information content (AvgIpc) is 2.46. The van der Waals surface area contributed by atoms with Crippen LogP contribution in [0.15, 0.2) is 42.6 Å². The third-order valence-corrected chi connectivity index (χ3v) is 3.17. The SMILES string of the molecule is Cc1ccnc(NC(=O)C[C@@H](NC(N)=O)c2ccccc2F)c1. The van der Waals surface area contributed by atoms with Gasteiger partial charge in [0.15, 0.2) is 0 Å². The first kappa shape index (κ1) is 16.4. The zero-order valence-corrected chi connectivity index (χ0v) is 12.5. The number of halogens is 1. The average molecular weight is 316 g/mol. The molecule has 0 spiro atoms. The smallest absolute Gasteiger partial charge is 0.312 e. The van der Waals surface area contributed by atoms with Crippen molar-refractivity contribution in [2.45, 2.75) is 19.4 Å². The van der Waals surface area contributed by atoms with Crippen molar-refractivity contribution in [1.29, 1.82) is 0 Å². The predicted octanol–water partition coefficient (Wildman–Crippen LogP) is 2.27. The van der Waals surface area contributed by atoms with Gasteiger partial charge in [0.05, 0.1) is 12.5 Å². The van der Waals surface area contributed by atoms with E-state index in [0.717, 1.165) is 5.56 Å². The number of carbonyl (C=O) groups is 2. The molecule has 23 heavy (non-hydrogen) atoms. The Balaban J connectivity index is 2.13. The zero-order valence-electron chi connectivity index (χ0n) is 12.5. The zero-order chi connectivity index (χ0) is 16.8. The Morgan fingerprint density at radius 1 is 1.30 bits per heavy atom. The fourth-order valence-electron chi connectivity index (χ4n) is 2.15. The number of rotatable bonds is 5. The van der Waals surface area contributed by atoms with Crippen LogP contribution in [0.1, 0.15) is 23.6 Å². The van der Waals surface area contributed by atoms with E-state index in [4.69, 9.17) is 5.73 Å². The summed E-state index contributed by atoms with van der Waals surface area (Å²) in [6, 6.07) is 7.70. The van der Waals surface area contributed by atoms with Gasteiger partial charge in [0.25, 0.3) is 0 Å². The normalized spacial score (nSPS) is 11.6. The van der Waals surface area contributed by atoms with Gasteiger partial charge in [-0.25, -0.2) is 14.2 Å². The van der Waals surface area contributed by atoms with Crippen LogP contribution in [0.5, 0.6) is 0 Å². The second-order valence-electron chi connectivity index (χ2n) is 5.05. The lowest BCUT2D eigenvalue weighted by Gasteiger charge is -2.18. The fourth-order valence-corrected chi connectivity index (χ4v) is 2.15. The maximum absolute atomic E-state index is 13.9. The minimum absolute atomic E-state index is 0.167. The van der Waals surface area contributed by atoms with Gasteiger partial charge in [-0.05, 0) is 30.7 Å². The van der Waals surface area contributed by atoms with E-state index in [2.05, 4.69) is 15.6 Å². The molecule has 6 nitrogen and oxygen atoms in total. The van der Waals surface area contributed by atoms with Crippen molar-refractivity contribution in [2.75, 3.05) is 5.32 Å². The van der Waals surface area contributed by atoms with Crippen LogP contribution in [0.4, 0.5) is 15.0 Å². The Hall–Kier alpha value is -2.96. The molecular formula is C16H17FN4O2. The topological polar surface area (TPSA) is 97.1 Å². The molecule has 0 saturated carbocycles. The number of nitrogens with zero attached hydrogens (tertiary/aromatic N) is 1. The van der Waals surface area contributed by atoms with Gasteiger partial charge in [-0.2, -0.15) is 0 Å². The van der Waals surface area contributed by atoms with Gasteiger partial charge in [0.2, 0.25) is 5.91 Å². The minimum atomic E-state index is -0.862. The number of pyridine rings is 1. The van der Waals surface area contributed by atoms with Crippen LogP contribution in [0.25, 0.3) is 0 Å². The van der Waals surface area contributed by atoms with Crippen LogP contribution < -0.4 is 16.4 Å². The molecule has 0 bridgehead atoms. The number of hydrogen-bond acceptors (Lipinski definition) is 3. The van der Waals surface area contributed by atoms with Gasteiger partial charge in [-0.3, -0.25) is 4.79 Å². The third kappa shape index (κ3) is 4.77. The van der Waals surface area contributed by atoms with Gasteiger partial charge in [0, 0.05) is 11.8 Å². The summed E-state index contributed by atoms with van der Waals surface area (Å²) in [5.74, 6) is -0.542. The van der Waals surface area contributed by atoms with E-state index in [1.54, 1.807) is 24.4 Å². The van der Waals surface area contributed by atoms with E-state index in [0.29, 0.717) is 5.82 Å². The third-order valence-electron chi connectivity index (χ3n) is 3.17. The van der Waals surface area contributed by atoms with E-state index >= 15 is 0 Å². The van der Waals surface area contributed by atoms with Crippen LogP contribution in [0, 0.1) is 12.7 Å². The second-order valence-corrected chi connectivity index (χ2v) is 5.05. The van der Waals surface area contributed by atoms with Gasteiger partial charge < -0.3 is 16.4 Å². The number of nitrogens with two attached hydrogens (primary N) is 1. The molecule has 120 valence electrons. The van der Waals surface area contributed by atoms with Crippen LogP contribution in [-0.4, -0.2) is 16.9 Å². The summed E-state index contributed by atoms with van der Waals surface area (Å²) in [5.41, 5.74) is 6.25. The lowest BCUT2D eigenvalue weighted by Crippen LogP contribution is -2.35. The molecule has 0 saturated heterocycles. The van der Waals surface area contributed by atoms with Crippen LogP contribution in [-0.2, 0) is 4.79 Å². The number of aromatic nitrogens is 1. The van der Waals surface area contributed by atoms with Gasteiger partial charge in [0.1, 0.15) is 11.6 Å². The number of benzene rings is 1. The van der Waals surface area contributed by atoms with E-state index in [1.165, 1.54) is 18.2 Å². The number of primary amides is 1. The van der Waals surface area contributed by atoms with Crippen LogP contribution >= 0.6 is 0 Å². The molecule has 2 aromatic rings. The van der Waals surface area contributed by atoms with Crippen molar-refractivity contribution in [3.05, 3.63) is 59.5 Å². The first-order valence-corrected chi connectivity index (χ1v) is 6.98. The van der Waals surface area contributed by atoms with Crippen molar-refractivity contribution in [1.82, 2.24) is 10.3 Å². The Labute approximate surface area is 132 Å². The number of urea groups is 1. The molecule has 0 fully saturated rings. The maximum Gasteiger partial charge on any atom is 0.312 e. The van der Waals surface area contributed by atoms with Crippen molar-refractivity contribution in [2.24, 2.45) is 5.73 Å². The molecule has 1 atom stereocenters. The van der Waals surface area contributed by atoms with Gasteiger partial charge in [-0.15, -0.1) is 0 Å². The molecule has 0 unspecified atom stereocenters. The number of hydrogen-bond donors (Lipinski definition) is 3. The van der Waals surface area contributed by atoms with E-state index in [1.807, 2.05) is 6.92 Å². The fraction of sp³-hybridized carbons (Fsp3) is 0.188. The second kappa shape index (κ2) is 7.35. The maximum atomic E-state index is 13.9. The summed E-state index contributed by atoms with van der Waals surface area (Å²) < 4.78 is 13.9. The quantitative estimate of drug-likeness (QED) is 0.789. The summed E-state index contributed by atoms with van der Waals surface area (Å²) in [5, 5.41) is 4.99. The molecular weight excluding hydrogens is 299 g/mol. The van der Waals surface area contributed by atoms with E-state index in [9.17, 15) is 14.0 Å². The Kier molecular flexibility index (Phi) is 5.24. The molecule has 1 aromatic heterocycles. The molecule has 0 aliphatic heterocycles. The number of aryl methyl sites for hydroxylation is 1. The van der Waals surface area contributed by atoms with Crippen LogP contribution in [0.3, 0.4) is 0 Å². The molecule has 2 rings (SSSR count). The summed E-state index contributed by atoms with van der Waals surface area (Å²) in [6.07, 6.45) is 1.40. The first-order valence-electron chi connectivity index (χ1n) is 6.98. The molecule has 0 aliphatic rings. The molecule has 4 N–H and O–H groups in total. The Morgan fingerprint density at radius 2 is 2.04 bits per heavy atom. The number of anilines is 1. The van der Waals surface area contributed by atoms with E-state index < -0.39 is 23.8 Å². The van der Waals surface area contributed by atoms with Crippen LogP contribution in [0.2, 0.25) is 0 Å². The van der Waals surface area contributed by atoms with Crippen molar-refractivity contribution in [3.63, 3.8) is 0 Å². The highest BCUT2D eigenvalue weighted by atomic mass is 19.1. The van der Waals surface area contributed by atoms with Crippen molar-refractivity contribution >= 4 is 17.8 Å². The molecule has 3 amide bonds. The van der Waals surface area contributed by atoms with Gasteiger partial charge in [-0.1, -0.05) is 18.2 Å². The minimum Gasteiger partial charge on any atom is -0.352 e. The molecule has 7 heteroatoms. The summed E-state index contributed by atoms with van der Waals surface area (Å²) in [7, 11) is 0. The standard InChI is InChI=1S/C16H17FN4O2/c1-10-6-7-19-14(8-10)21-15(22)9-13(20-16(18)23)11-4-2-3-5-12(11)17/h2-8,13H,9H2,1H3,(H3,18,20,23)(H,19,21,22)/t13-/m1/s1.